The second-order valence-electron chi connectivity index (χ2n) is 6.58. The summed E-state index contributed by atoms with van der Waals surface area (Å²) in [6.45, 7) is 4.39. The molecule has 2 heterocycles. The Kier molecular flexibility index (Phi) is 3.87. The van der Waals surface area contributed by atoms with Crippen LogP contribution in [0.3, 0.4) is 0 Å². The molecule has 8 nitrogen and oxygen atoms in total. The average molecular weight is 340 g/mol. The van der Waals surface area contributed by atoms with E-state index in [-0.39, 0.29) is 11.9 Å². The van der Waals surface area contributed by atoms with Crippen LogP contribution in [0.5, 0.6) is 0 Å². The van der Waals surface area contributed by atoms with E-state index in [0.29, 0.717) is 29.7 Å². The molecule has 0 atom stereocenters. The number of hydrogen-bond donors (Lipinski definition) is 2. The first-order chi connectivity index (χ1) is 12.1. The molecular formula is C17H20N6O2. The Morgan fingerprint density at radius 1 is 1.40 bits per heavy atom. The highest BCUT2D eigenvalue weighted by molar-refractivity contribution is 5.91. The van der Waals surface area contributed by atoms with Gasteiger partial charge in [-0.15, -0.1) is 10.2 Å². The van der Waals surface area contributed by atoms with E-state index in [1.165, 1.54) is 0 Å². The van der Waals surface area contributed by atoms with Gasteiger partial charge in [0.05, 0.1) is 6.54 Å². The number of nitrogens with one attached hydrogen (secondary N) is 2. The number of oxazole rings is 1. The van der Waals surface area contributed by atoms with Crippen molar-refractivity contribution < 1.29 is 9.21 Å². The van der Waals surface area contributed by atoms with Crippen molar-refractivity contribution in [3.63, 3.8) is 0 Å². The maximum Gasteiger partial charge on any atom is 0.319 e. The first-order valence-corrected chi connectivity index (χ1v) is 8.44. The van der Waals surface area contributed by atoms with Crippen molar-refractivity contribution in [2.75, 3.05) is 5.32 Å². The lowest BCUT2D eigenvalue weighted by atomic mass is 10.2. The summed E-state index contributed by atoms with van der Waals surface area (Å²) in [5.41, 5.74) is 2.11. The molecule has 0 unspecified atom stereocenters. The van der Waals surface area contributed by atoms with E-state index in [9.17, 15) is 4.79 Å². The molecule has 130 valence electrons. The van der Waals surface area contributed by atoms with Crippen molar-refractivity contribution in [2.24, 2.45) is 0 Å². The van der Waals surface area contributed by atoms with Crippen molar-refractivity contribution in [2.45, 2.75) is 45.2 Å². The van der Waals surface area contributed by atoms with E-state index in [1.807, 2.05) is 24.5 Å². The largest absolute Gasteiger partial charge is 0.440 e. The van der Waals surface area contributed by atoms with Crippen molar-refractivity contribution in [3.8, 4) is 0 Å². The van der Waals surface area contributed by atoms with Crippen molar-refractivity contribution in [1.82, 2.24) is 25.1 Å². The van der Waals surface area contributed by atoms with Gasteiger partial charge < -0.3 is 19.6 Å². The average Bonchev–Trinajstić information content (AvgIpc) is 3.16. The van der Waals surface area contributed by atoms with Gasteiger partial charge in [0.25, 0.3) is 0 Å². The van der Waals surface area contributed by atoms with Gasteiger partial charge in [-0.1, -0.05) is 13.8 Å². The van der Waals surface area contributed by atoms with Crippen LogP contribution >= 0.6 is 0 Å². The molecule has 1 aliphatic rings. The monoisotopic (exact) mass is 340 g/mol. The minimum Gasteiger partial charge on any atom is -0.440 e. The maximum atomic E-state index is 12.1. The predicted octanol–water partition coefficient (Wildman–Crippen LogP) is 3.20. The molecule has 8 heteroatoms. The normalized spacial score (nSPS) is 14.2. The lowest BCUT2D eigenvalue weighted by molar-refractivity contribution is 0.251. The highest BCUT2D eigenvalue weighted by atomic mass is 16.3. The van der Waals surface area contributed by atoms with E-state index in [1.54, 1.807) is 18.5 Å². The quantitative estimate of drug-likeness (QED) is 0.743. The number of benzene rings is 1. The Balaban J connectivity index is 1.40. The minimum atomic E-state index is -0.294. The lowest BCUT2D eigenvalue weighted by Crippen LogP contribution is -2.29. The van der Waals surface area contributed by atoms with Gasteiger partial charge >= 0.3 is 6.03 Å². The summed E-state index contributed by atoms with van der Waals surface area (Å²) >= 11 is 0. The van der Waals surface area contributed by atoms with Gasteiger partial charge in [-0.2, -0.15) is 0 Å². The number of carbonyl (C=O) groups excluding carboxylic acids is 1. The molecule has 1 aliphatic carbocycles. The van der Waals surface area contributed by atoms with E-state index < -0.39 is 0 Å². The SMILES string of the molecule is CC(C)c1nc2cc(NC(=O)NCc3nncn3C3CC3)ccc2o1. The summed E-state index contributed by atoms with van der Waals surface area (Å²) in [7, 11) is 0. The van der Waals surface area contributed by atoms with Crippen LogP contribution in [-0.4, -0.2) is 25.8 Å². The number of amides is 2. The Morgan fingerprint density at radius 3 is 3.00 bits per heavy atom. The second-order valence-corrected chi connectivity index (χ2v) is 6.58. The molecule has 1 fully saturated rings. The van der Waals surface area contributed by atoms with Gasteiger partial charge in [-0.05, 0) is 31.0 Å². The van der Waals surface area contributed by atoms with Crippen LogP contribution in [0.25, 0.3) is 11.1 Å². The molecule has 1 saturated carbocycles. The van der Waals surface area contributed by atoms with Crippen LogP contribution in [0.4, 0.5) is 10.5 Å². The summed E-state index contributed by atoms with van der Waals surface area (Å²) in [5, 5.41) is 13.6. The topological polar surface area (TPSA) is 97.9 Å². The van der Waals surface area contributed by atoms with Crippen molar-refractivity contribution in [1.29, 1.82) is 0 Å². The number of hydrogen-bond acceptors (Lipinski definition) is 5. The Hall–Kier alpha value is -2.90. The van der Waals surface area contributed by atoms with E-state index in [0.717, 1.165) is 24.2 Å². The Bertz CT molecular complexity index is 909. The molecule has 2 amide bonds. The van der Waals surface area contributed by atoms with Gasteiger partial charge in [0.15, 0.2) is 17.3 Å². The van der Waals surface area contributed by atoms with E-state index in [4.69, 9.17) is 4.42 Å². The summed E-state index contributed by atoms with van der Waals surface area (Å²) < 4.78 is 7.69. The van der Waals surface area contributed by atoms with Crippen LogP contribution in [0.2, 0.25) is 0 Å². The number of urea groups is 1. The number of rotatable bonds is 5. The van der Waals surface area contributed by atoms with Gasteiger partial charge in [-0.25, -0.2) is 9.78 Å². The molecule has 0 radical (unpaired) electrons. The highest BCUT2D eigenvalue weighted by Gasteiger charge is 2.26. The first-order valence-electron chi connectivity index (χ1n) is 8.44. The summed E-state index contributed by atoms with van der Waals surface area (Å²) in [5.74, 6) is 1.68. The zero-order chi connectivity index (χ0) is 17.4. The van der Waals surface area contributed by atoms with Gasteiger partial charge in [0, 0.05) is 17.6 Å². The third-order valence-electron chi connectivity index (χ3n) is 4.15. The van der Waals surface area contributed by atoms with Crippen LogP contribution in [0, 0.1) is 0 Å². The molecule has 0 spiro atoms. The summed E-state index contributed by atoms with van der Waals surface area (Å²) in [6.07, 6.45) is 4.01. The molecule has 0 saturated heterocycles. The Labute approximate surface area is 144 Å². The molecule has 3 aromatic rings. The second kappa shape index (κ2) is 6.19. The summed E-state index contributed by atoms with van der Waals surface area (Å²) in [6, 6.07) is 5.60. The molecule has 4 rings (SSSR count). The number of fused-ring (bicyclic) bond motifs is 1. The molecule has 0 bridgehead atoms. The fourth-order valence-corrected chi connectivity index (χ4v) is 2.66. The molecular weight excluding hydrogens is 320 g/mol. The predicted molar refractivity (Wildman–Crippen MR) is 92.2 cm³/mol. The third-order valence-corrected chi connectivity index (χ3v) is 4.15. The molecule has 2 N–H and O–H groups in total. The number of aromatic nitrogens is 4. The third kappa shape index (κ3) is 3.33. The van der Waals surface area contributed by atoms with Gasteiger partial charge in [0.1, 0.15) is 11.8 Å². The van der Waals surface area contributed by atoms with Gasteiger partial charge in [0.2, 0.25) is 0 Å². The molecule has 0 aliphatic heterocycles. The maximum absolute atomic E-state index is 12.1. The smallest absolute Gasteiger partial charge is 0.319 e. The molecule has 25 heavy (non-hydrogen) atoms. The van der Waals surface area contributed by atoms with Crippen molar-refractivity contribution in [3.05, 3.63) is 36.2 Å². The first kappa shape index (κ1) is 15.6. The van der Waals surface area contributed by atoms with E-state index >= 15 is 0 Å². The van der Waals surface area contributed by atoms with Crippen LogP contribution < -0.4 is 10.6 Å². The van der Waals surface area contributed by atoms with Crippen LogP contribution in [0.1, 0.15) is 50.4 Å². The zero-order valence-electron chi connectivity index (χ0n) is 14.2. The molecule has 2 aromatic heterocycles. The van der Waals surface area contributed by atoms with E-state index in [2.05, 4.69) is 25.8 Å². The molecule has 1 aromatic carbocycles. The number of anilines is 1. The number of carbonyl (C=O) groups is 1. The Morgan fingerprint density at radius 2 is 2.24 bits per heavy atom. The fraction of sp³-hybridized carbons (Fsp3) is 0.412. The summed E-state index contributed by atoms with van der Waals surface area (Å²) in [4.78, 5) is 16.6. The van der Waals surface area contributed by atoms with Gasteiger partial charge in [-0.3, -0.25) is 0 Å². The standard InChI is InChI=1S/C17H20N6O2/c1-10(2)16-21-13-7-11(3-6-14(13)25-16)20-17(24)18-8-15-22-19-9-23(15)12-4-5-12/h3,6-7,9-10,12H,4-5,8H2,1-2H3,(H2,18,20,24). The van der Waals surface area contributed by atoms with Crippen LogP contribution in [-0.2, 0) is 6.54 Å². The minimum absolute atomic E-state index is 0.218. The highest BCUT2D eigenvalue weighted by Crippen LogP contribution is 2.35. The fourth-order valence-electron chi connectivity index (χ4n) is 2.66. The van der Waals surface area contributed by atoms with Crippen molar-refractivity contribution >= 4 is 22.8 Å². The number of nitrogens with zero attached hydrogens (tertiary/aromatic N) is 4. The lowest BCUT2D eigenvalue weighted by Gasteiger charge is -2.08. The zero-order valence-corrected chi connectivity index (χ0v) is 14.2. The van der Waals surface area contributed by atoms with Crippen LogP contribution in [0.15, 0.2) is 28.9 Å².